The van der Waals surface area contributed by atoms with E-state index in [9.17, 15) is 17.8 Å². The van der Waals surface area contributed by atoms with Gasteiger partial charge in [0.25, 0.3) is 0 Å². The normalized spacial score (nSPS) is 14.4. The number of benzene rings is 2. The quantitative estimate of drug-likeness (QED) is 0.714. The molecular formula is C19H22F2N2O3S. The smallest absolute Gasteiger partial charge is 0.387 e. The van der Waals surface area contributed by atoms with Crippen LogP contribution in [0.3, 0.4) is 0 Å². The maximum absolute atomic E-state index is 12.5. The summed E-state index contributed by atoms with van der Waals surface area (Å²) in [5, 5.41) is 5.74. The molecular weight excluding hydrogens is 374 g/mol. The first-order chi connectivity index (χ1) is 12.8. The molecule has 2 aromatic carbocycles. The molecule has 3 unspecified atom stereocenters. The first kappa shape index (κ1) is 21.0. The van der Waals surface area contributed by atoms with E-state index < -0.39 is 23.5 Å². The van der Waals surface area contributed by atoms with Gasteiger partial charge in [0.15, 0.2) is 0 Å². The lowest BCUT2D eigenvalue weighted by molar-refractivity contribution is -0.118. The van der Waals surface area contributed by atoms with Crippen molar-refractivity contribution in [2.45, 2.75) is 37.4 Å². The number of carbonyl (C=O) groups is 1. The van der Waals surface area contributed by atoms with E-state index in [0.29, 0.717) is 0 Å². The van der Waals surface area contributed by atoms with Crippen LogP contribution in [0.4, 0.5) is 14.5 Å². The molecule has 1 amide bonds. The van der Waals surface area contributed by atoms with Gasteiger partial charge in [-0.1, -0.05) is 24.3 Å². The largest absolute Gasteiger partial charge is 0.433 e. The number of carbonyl (C=O) groups excluding carboxylic acids is 1. The fourth-order valence-corrected chi connectivity index (χ4v) is 3.02. The SMILES string of the molecule is CC(NC(C)c1ccc(S(C)=O)cc1)C(=O)Nc1ccccc1OC(F)F. The van der Waals surface area contributed by atoms with E-state index in [-0.39, 0.29) is 23.4 Å². The topological polar surface area (TPSA) is 67.4 Å². The number of alkyl halides is 2. The lowest BCUT2D eigenvalue weighted by Gasteiger charge is -2.21. The summed E-state index contributed by atoms with van der Waals surface area (Å²) in [4.78, 5) is 13.1. The standard InChI is InChI=1S/C19H22F2N2O3S/c1-12(14-8-10-15(11-9-14)27(3)25)22-13(2)18(24)23-16-6-4-5-7-17(16)26-19(20)21/h4-13,19,22H,1-3H3,(H,23,24). The molecule has 2 N–H and O–H groups in total. The summed E-state index contributed by atoms with van der Waals surface area (Å²) in [5.41, 5.74) is 1.11. The number of rotatable bonds is 8. The van der Waals surface area contributed by atoms with Crippen LogP contribution in [-0.4, -0.2) is 29.0 Å². The maximum Gasteiger partial charge on any atom is 0.387 e. The van der Waals surface area contributed by atoms with Gasteiger partial charge in [-0.3, -0.25) is 14.3 Å². The minimum Gasteiger partial charge on any atom is -0.433 e. The van der Waals surface area contributed by atoms with Crippen molar-refractivity contribution in [3.05, 3.63) is 54.1 Å². The van der Waals surface area contributed by atoms with E-state index >= 15 is 0 Å². The molecule has 0 saturated heterocycles. The molecule has 2 aromatic rings. The lowest BCUT2D eigenvalue weighted by Crippen LogP contribution is -2.39. The molecule has 0 bridgehead atoms. The number of hydrogen-bond acceptors (Lipinski definition) is 4. The highest BCUT2D eigenvalue weighted by atomic mass is 32.2. The highest BCUT2D eigenvalue weighted by Gasteiger charge is 2.18. The number of amides is 1. The molecule has 0 fully saturated rings. The first-order valence-corrected chi connectivity index (χ1v) is 9.88. The molecule has 3 atom stereocenters. The predicted molar refractivity (Wildman–Crippen MR) is 101 cm³/mol. The Hall–Kier alpha value is -2.32. The summed E-state index contributed by atoms with van der Waals surface area (Å²) >= 11 is 0. The number of anilines is 1. The van der Waals surface area contributed by atoms with Gasteiger partial charge in [0.2, 0.25) is 5.91 Å². The van der Waals surface area contributed by atoms with Crippen molar-refractivity contribution in [2.24, 2.45) is 0 Å². The zero-order valence-electron chi connectivity index (χ0n) is 15.2. The summed E-state index contributed by atoms with van der Waals surface area (Å²) in [6.45, 7) is 0.604. The number of para-hydroxylation sites is 2. The van der Waals surface area contributed by atoms with E-state index in [1.165, 1.54) is 12.1 Å². The second kappa shape index (κ2) is 9.57. The minimum absolute atomic E-state index is 0.0933. The van der Waals surface area contributed by atoms with Crippen LogP contribution in [0, 0.1) is 0 Å². The Labute approximate surface area is 159 Å². The van der Waals surface area contributed by atoms with Crippen LogP contribution in [-0.2, 0) is 15.6 Å². The highest BCUT2D eigenvalue weighted by molar-refractivity contribution is 7.84. The Morgan fingerprint density at radius 3 is 2.30 bits per heavy atom. The third-order valence-corrected chi connectivity index (χ3v) is 4.90. The van der Waals surface area contributed by atoms with Crippen molar-refractivity contribution < 1.29 is 22.5 Å². The molecule has 0 aromatic heterocycles. The third kappa shape index (κ3) is 6.11. The number of nitrogens with one attached hydrogen (secondary N) is 2. The van der Waals surface area contributed by atoms with Crippen LogP contribution in [0.15, 0.2) is 53.4 Å². The Kier molecular flexibility index (Phi) is 7.44. The second-order valence-corrected chi connectivity index (χ2v) is 7.38. The molecule has 0 saturated carbocycles. The number of hydrogen-bond donors (Lipinski definition) is 2. The Morgan fingerprint density at radius 1 is 1.07 bits per heavy atom. The van der Waals surface area contributed by atoms with Crippen LogP contribution < -0.4 is 15.4 Å². The van der Waals surface area contributed by atoms with E-state index in [4.69, 9.17) is 0 Å². The van der Waals surface area contributed by atoms with Gasteiger partial charge in [-0.2, -0.15) is 8.78 Å². The predicted octanol–water partition coefficient (Wildman–Crippen LogP) is 3.70. The van der Waals surface area contributed by atoms with Gasteiger partial charge >= 0.3 is 6.61 Å². The fourth-order valence-electron chi connectivity index (χ4n) is 2.50. The zero-order chi connectivity index (χ0) is 20.0. The first-order valence-electron chi connectivity index (χ1n) is 8.32. The van der Waals surface area contributed by atoms with Crippen molar-refractivity contribution in [1.82, 2.24) is 5.32 Å². The molecule has 0 heterocycles. The molecule has 0 aliphatic carbocycles. The van der Waals surface area contributed by atoms with Crippen LogP contribution >= 0.6 is 0 Å². The van der Waals surface area contributed by atoms with Crippen molar-refractivity contribution in [2.75, 3.05) is 11.6 Å². The van der Waals surface area contributed by atoms with Crippen LogP contribution in [0.2, 0.25) is 0 Å². The molecule has 0 spiro atoms. The van der Waals surface area contributed by atoms with Gasteiger partial charge in [-0.15, -0.1) is 0 Å². The number of halogens is 2. The molecule has 0 aliphatic rings. The molecule has 0 aliphatic heterocycles. The summed E-state index contributed by atoms with van der Waals surface area (Å²) in [6.07, 6.45) is 1.61. The van der Waals surface area contributed by atoms with E-state index in [2.05, 4.69) is 15.4 Å². The fraction of sp³-hybridized carbons (Fsp3) is 0.316. The highest BCUT2D eigenvalue weighted by Crippen LogP contribution is 2.25. The van der Waals surface area contributed by atoms with Gasteiger partial charge in [0, 0.05) is 28.0 Å². The van der Waals surface area contributed by atoms with E-state index in [0.717, 1.165) is 10.5 Å². The lowest BCUT2D eigenvalue weighted by atomic mass is 10.1. The van der Waals surface area contributed by atoms with E-state index in [1.807, 2.05) is 19.1 Å². The van der Waals surface area contributed by atoms with Gasteiger partial charge in [-0.25, -0.2) is 0 Å². The van der Waals surface area contributed by atoms with Crippen molar-refractivity contribution >= 4 is 22.4 Å². The molecule has 5 nitrogen and oxygen atoms in total. The monoisotopic (exact) mass is 396 g/mol. The third-order valence-electron chi connectivity index (χ3n) is 3.97. The second-order valence-electron chi connectivity index (χ2n) is 6.00. The Balaban J connectivity index is 2.00. The molecule has 27 heavy (non-hydrogen) atoms. The molecule has 8 heteroatoms. The van der Waals surface area contributed by atoms with Gasteiger partial charge in [0.05, 0.1) is 11.7 Å². The summed E-state index contributed by atoms with van der Waals surface area (Å²) in [7, 11) is -1.05. The summed E-state index contributed by atoms with van der Waals surface area (Å²) < 4.78 is 40.8. The average Bonchev–Trinajstić information content (AvgIpc) is 2.62. The van der Waals surface area contributed by atoms with Crippen molar-refractivity contribution in [1.29, 1.82) is 0 Å². The van der Waals surface area contributed by atoms with Crippen molar-refractivity contribution in [3.63, 3.8) is 0 Å². The van der Waals surface area contributed by atoms with Gasteiger partial charge in [-0.05, 0) is 43.7 Å². The Bertz CT molecular complexity index is 800. The Morgan fingerprint density at radius 2 is 1.70 bits per heavy atom. The summed E-state index contributed by atoms with van der Waals surface area (Å²) in [5.74, 6) is -0.470. The average molecular weight is 396 g/mol. The zero-order valence-corrected chi connectivity index (χ0v) is 16.1. The maximum atomic E-state index is 12.5. The minimum atomic E-state index is -2.97. The van der Waals surface area contributed by atoms with Crippen LogP contribution in [0.1, 0.15) is 25.5 Å². The van der Waals surface area contributed by atoms with Crippen molar-refractivity contribution in [3.8, 4) is 5.75 Å². The number of ether oxygens (including phenoxy) is 1. The van der Waals surface area contributed by atoms with Gasteiger partial charge in [0.1, 0.15) is 5.75 Å². The van der Waals surface area contributed by atoms with Crippen LogP contribution in [0.25, 0.3) is 0 Å². The molecule has 146 valence electrons. The van der Waals surface area contributed by atoms with Crippen LogP contribution in [0.5, 0.6) is 5.75 Å². The molecule has 0 radical (unpaired) electrons. The summed E-state index contributed by atoms with van der Waals surface area (Å²) in [6, 6.07) is 12.6. The van der Waals surface area contributed by atoms with Gasteiger partial charge < -0.3 is 10.1 Å². The van der Waals surface area contributed by atoms with E-state index in [1.54, 1.807) is 37.4 Å². The molecule has 2 rings (SSSR count).